The molecule has 1 amide bonds. The van der Waals surface area contributed by atoms with Gasteiger partial charge in [0.15, 0.2) is 0 Å². The van der Waals surface area contributed by atoms with Crippen LogP contribution in [0, 0.1) is 0 Å². The van der Waals surface area contributed by atoms with Crippen LogP contribution in [0.15, 0.2) is 46.9 Å². The van der Waals surface area contributed by atoms with Crippen LogP contribution in [0.2, 0.25) is 5.02 Å². The van der Waals surface area contributed by atoms with E-state index in [1.54, 1.807) is 7.05 Å². The van der Waals surface area contributed by atoms with E-state index < -0.39 is 0 Å². The number of amides is 1. The van der Waals surface area contributed by atoms with Gasteiger partial charge in [-0.05, 0) is 42.7 Å². The average molecular weight is 392 g/mol. The van der Waals surface area contributed by atoms with Crippen molar-refractivity contribution in [3.63, 3.8) is 0 Å². The van der Waals surface area contributed by atoms with Gasteiger partial charge in [0, 0.05) is 33.1 Å². The lowest BCUT2D eigenvalue weighted by atomic mass is 10.0. The summed E-state index contributed by atoms with van der Waals surface area (Å²) in [6.45, 7) is 0. The minimum Gasteiger partial charge on any atom is -0.358 e. The molecule has 3 aromatic rings. The molecule has 0 atom stereocenters. The van der Waals surface area contributed by atoms with Crippen molar-refractivity contribution < 1.29 is 4.79 Å². The molecule has 118 valence electrons. The summed E-state index contributed by atoms with van der Waals surface area (Å²) < 4.78 is 0.985. The molecule has 0 radical (unpaired) electrons. The van der Waals surface area contributed by atoms with Crippen LogP contribution in [0.25, 0.3) is 10.9 Å². The number of nitrogens with one attached hydrogen (secondary N) is 2. The predicted molar refractivity (Wildman–Crippen MR) is 98.2 cm³/mol. The smallest absolute Gasteiger partial charge is 0.253 e. The van der Waals surface area contributed by atoms with Crippen molar-refractivity contribution in [2.75, 3.05) is 7.05 Å². The third-order valence-corrected chi connectivity index (χ3v) is 4.61. The first-order valence-electron chi connectivity index (χ1n) is 7.35. The number of carbonyl (C=O) groups excluding carboxylic acids is 1. The fourth-order valence-electron chi connectivity index (χ4n) is 2.72. The molecule has 0 aliphatic heterocycles. The highest BCUT2D eigenvalue weighted by atomic mass is 79.9. The molecule has 0 spiro atoms. The number of rotatable bonds is 4. The van der Waals surface area contributed by atoms with Crippen molar-refractivity contribution in [3.05, 3.63) is 68.8 Å². The van der Waals surface area contributed by atoms with Crippen LogP contribution >= 0.6 is 27.5 Å². The van der Waals surface area contributed by atoms with Crippen molar-refractivity contribution >= 4 is 44.3 Å². The highest BCUT2D eigenvalue weighted by Gasteiger charge is 2.17. The Morgan fingerprint density at radius 2 is 1.91 bits per heavy atom. The second-order valence-electron chi connectivity index (χ2n) is 5.37. The van der Waals surface area contributed by atoms with Crippen LogP contribution < -0.4 is 5.32 Å². The number of aromatic amines is 1. The summed E-state index contributed by atoms with van der Waals surface area (Å²) in [4.78, 5) is 15.7. The molecule has 2 aromatic carbocycles. The maximum atomic E-state index is 12.3. The largest absolute Gasteiger partial charge is 0.358 e. The Morgan fingerprint density at radius 3 is 2.61 bits per heavy atom. The second-order valence-corrected chi connectivity index (χ2v) is 6.73. The van der Waals surface area contributed by atoms with Gasteiger partial charge in [0.25, 0.3) is 5.91 Å². The first kappa shape index (κ1) is 16.1. The number of aromatic nitrogens is 1. The Hall–Kier alpha value is -1.78. The van der Waals surface area contributed by atoms with Crippen molar-refractivity contribution in [1.82, 2.24) is 10.3 Å². The van der Waals surface area contributed by atoms with Gasteiger partial charge in [-0.3, -0.25) is 4.79 Å². The number of fused-ring (bicyclic) bond motifs is 1. The first-order chi connectivity index (χ1) is 11.1. The molecule has 1 heterocycles. The molecule has 0 bridgehead atoms. The van der Waals surface area contributed by atoms with Gasteiger partial charge in [0.1, 0.15) is 0 Å². The molecule has 3 nitrogen and oxygen atoms in total. The lowest BCUT2D eigenvalue weighted by Crippen LogP contribution is -2.19. The van der Waals surface area contributed by atoms with Crippen LogP contribution in [0.4, 0.5) is 0 Å². The van der Waals surface area contributed by atoms with Gasteiger partial charge in [-0.2, -0.15) is 0 Å². The Kier molecular flexibility index (Phi) is 4.74. The highest BCUT2D eigenvalue weighted by molar-refractivity contribution is 9.10. The maximum absolute atomic E-state index is 12.3. The molecular formula is C18H16BrClN2O. The number of carbonyl (C=O) groups is 1. The molecule has 0 fully saturated rings. The van der Waals surface area contributed by atoms with E-state index in [0.717, 1.165) is 44.5 Å². The van der Waals surface area contributed by atoms with Crippen molar-refractivity contribution in [3.8, 4) is 0 Å². The van der Waals surface area contributed by atoms with Crippen LogP contribution in [-0.2, 0) is 12.8 Å². The number of H-pyrrole nitrogens is 1. The van der Waals surface area contributed by atoms with E-state index >= 15 is 0 Å². The van der Waals surface area contributed by atoms with Gasteiger partial charge < -0.3 is 10.3 Å². The van der Waals surface area contributed by atoms with Gasteiger partial charge in [-0.1, -0.05) is 45.7 Å². The van der Waals surface area contributed by atoms with E-state index in [2.05, 4.69) is 26.2 Å². The molecule has 1 aromatic heterocycles. The van der Waals surface area contributed by atoms with Crippen LogP contribution in [0.5, 0.6) is 0 Å². The zero-order valence-electron chi connectivity index (χ0n) is 12.6. The Balaban J connectivity index is 1.95. The molecule has 0 saturated carbocycles. The molecule has 0 unspecified atom stereocenters. The zero-order chi connectivity index (χ0) is 16.4. The second kappa shape index (κ2) is 6.77. The predicted octanol–water partition coefficient (Wildman–Crippen LogP) is 4.73. The zero-order valence-corrected chi connectivity index (χ0v) is 15.0. The van der Waals surface area contributed by atoms with E-state index in [4.69, 9.17) is 11.6 Å². The topological polar surface area (TPSA) is 44.9 Å². The van der Waals surface area contributed by atoms with Gasteiger partial charge in [0.2, 0.25) is 0 Å². The average Bonchev–Trinajstić information content (AvgIpc) is 2.91. The van der Waals surface area contributed by atoms with Crippen LogP contribution in [-0.4, -0.2) is 17.9 Å². The van der Waals surface area contributed by atoms with Gasteiger partial charge in [-0.15, -0.1) is 0 Å². The maximum Gasteiger partial charge on any atom is 0.253 e. The third-order valence-electron chi connectivity index (χ3n) is 3.87. The van der Waals surface area contributed by atoms with Gasteiger partial charge >= 0.3 is 0 Å². The fraction of sp³-hybridized carbons (Fsp3) is 0.167. The molecule has 2 N–H and O–H groups in total. The molecule has 3 rings (SSSR count). The third kappa shape index (κ3) is 3.43. The first-order valence-corrected chi connectivity index (χ1v) is 8.52. The number of benzene rings is 2. The molecule has 23 heavy (non-hydrogen) atoms. The van der Waals surface area contributed by atoms with E-state index in [0.29, 0.717) is 0 Å². The standard InChI is InChI=1S/C18H16BrClN2O/c1-21-18(23)17-14-8-5-12(19)10-16(14)22-15(17)9-4-11-2-6-13(20)7-3-11/h2-3,5-8,10,22H,4,9H2,1H3,(H,21,23). The van der Waals surface area contributed by atoms with Gasteiger partial charge in [-0.25, -0.2) is 0 Å². The van der Waals surface area contributed by atoms with Crippen LogP contribution in [0.1, 0.15) is 21.6 Å². The molecule has 0 saturated heterocycles. The Morgan fingerprint density at radius 1 is 1.17 bits per heavy atom. The van der Waals surface area contributed by atoms with Crippen LogP contribution in [0.3, 0.4) is 0 Å². The summed E-state index contributed by atoms with van der Waals surface area (Å²) in [7, 11) is 1.66. The normalized spacial score (nSPS) is 10.9. The highest BCUT2D eigenvalue weighted by Crippen LogP contribution is 2.26. The Labute approximate surface area is 148 Å². The molecular weight excluding hydrogens is 376 g/mol. The van der Waals surface area contributed by atoms with E-state index in [1.165, 1.54) is 5.56 Å². The summed E-state index contributed by atoms with van der Waals surface area (Å²) in [5.41, 5.74) is 3.83. The summed E-state index contributed by atoms with van der Waals surface area (Å²) in [6, 6.07) is 13.7. The number of hydrogen-bond acceptors (Lipinski definition) is 1. The monoisotopic (exact) mass is 390 g/mol. The summed E-state index contributed by atoms with van der Waals surface area (Å²) in [5, 5.41) is 4.41. The lowest BCUT2D eigenvalue weighted by Gasteiger charge is -2.04. The van der Waals surface area contributed by atoms with E-state index in [1.807, 2.05) is 42.5 Å². The number of halogens is 2. The summed E-state index contributed by atoms with van der Waals surface area (Å²) in [6.07, 6.45) is 1.60. The minimum absolute atomic E-state index is 0.0651. The Bertz CT molecular complexity index is 855. The van der Waals surface area contributed by atoms with Gasteiger partial charge in [0.05, 0.1) is 5.56 Å². The quantitative estimate of drug-likeness (QED) is 0.663. The summed E-state index contributed by atoms with van der Waals surface area (Å²) >= 11 is 9.39. The molecule has 5 heteroatoms. The van der Waals surface area contributed by atoms with Crippen molar-refractivity contribution in [2.45, 2.75) is 12.8 Å². The summed E-state index contributed by atoms with van der Waals surface area (Å²) in [5.74, 6) is -0.0651. The van der Waals surface area contributed by atoms with Crippen molar-refractivity contribution in [2.24, 2.45) is 0 Å². The lowest BCUT2D eigenvalue weighted by molar-refractivity contribution is 0.0964. The van der Waals surface area contributed by atoms with E-state index in [-0.39, 0.29) is 5.91 Å². The fourth-order valence-corrected chi connectivity index (χ4v) is 3.20. The number of hydrogen-bond donors (Lipinski definition) is 2. The minimum atomic E-state index is -0.0651. The SMILES string of the molecule is CNC(=O)c1c(CCc2ccc(Cl)cc2)[nH]c2cc(Br)ccc12. The van der Waals surface area contributed by atoms with Crippen molar-refractivity contribution in [1.29, 1.82) is 0 Å². The number of aryl methyl sites for hydroxylation is 2. The molecule has 0 aliphatic carbocycles. The van der Waals surface area contributed by atoms with E-state index in [9.17, 15) is 4.79 Å². The molecule has 0 aliphatic rings.